The van der Waals surface area contributed by atoms with Crippen LogP contribution in [0.15, 0.2) is 48.5 Å². The van der Waals surface area contributed by atoms with Crippen LogP contribution in [0.4, 0.5) is 0 Å². The van der Waals surface area contributed by atoms with E-state index in [0.29, 0.717) is 5.75 Å². The van der Waals surface area contributed by atoms with Gasteiger partial charge in [0, 0.05) is 5.56 Å². The van der Waals surface area contributed by atoms with Crippen LogP contribution in [0.3, 0.4) is 0 Å². The summed E-state index contributed by atoms with van der Waals surface area (Å²) in [6.07, 6.45) is 4.96. The second-order valence-corrected chi connectivity index (χ2v) is 4.67. The fourth-order valence-electron chi connectivity index (χ4n) is 2.15. The van der Waals surface area contributed by atoms with Crippen LogP contribution in [-0.2, 0) is 6.42 Å². The summed E-state index contributed by atoms with van der Waals surface area (Å²) in [5.74, 6) is 0.344. The summed E-state index contributed by atoms with van der Waals surface area (Å²) >= 11 is 0. The normalized spacial score (nSPS) is 10.5. The van der Waals surface area contributed by atoms with Gasteiger partial charge >= 0.3 is 0 Å². The quantitative estimate of drug-likeness (QED) is 0.745. The Labute approximate surface area is 109 Å². The Morgan fingerprint density at radius 3 is 2.28 bits per heavy atom. The third kappa shape index (κ3) is 3.13. The molecule has 0 atom stereocenters. The van der Waals surface area contributed by atoms with Gasteiger partial charge in [0.25, 0.3) is 0 Å². The fourth-order valence-corrected chi connectivity index (χ4v) is 2.15. The van der Waals surface area contributed by atoms with Crippen molar-refractivity contribution in [2.75, 3.05) is 0 Å². The molecule has 0 unspecified atom stereocenters. The highest BCUT2D eigenvalue weighted by Gasteiger charge is 2.02. The van der Waals surface area contributed by atoms with Gasteiger partial charge in [-0.3, -0.25) is 0 Å². The van der Waals surface area contributed by atoms with Gasteiger partial charge in [-0.25, -0.2) is 0 Å². The predicted molar refractivity (Wildman–Crippen MR) is 76.8 cm³/mol. The van der Waals surface area contributed by atoms with Crippen LogP contribution in [0, 0.1) is 0 Å². The molecule has 1 N–H and O–H groups in total. The number of unbranched alkanes of at least 4 members (excludes halogenated alkanes) is 2. The number of hydrogen-bond acceptors (Lipinski definition) is 1. The molecule has 2 aromatic carbocycles. The molecule has 0 aliphatic carbocycles. The van der Waals surface area contributed by atoms with E-state index >= 15 is 0 Å². The Kier molecular flexibility index (Phi) is 4.40. The molecule has 0 spiro atoms. The molecule has 0 aliphatic rings. The maximum atomic E-state index is 9.81. The zero-order valence-corrected chi connectivity index (χ0v) is 10.9. The summed E-state index contributed by atoms with van der Waals surface area (Å²) in [6, 6.07) is 16.0. The molecule has 1 heteroatoms. The van der Waals surface area contributed by atoms with E-state index in [-0.39, 0.29) is 0 Å². The summed E-state index contributed by atoms with van der Waals surface area (Å²) in [5.41, 5.74) is 3.35. The van der Waals surface area contributed by atoms with Crippen molar-refractivity contribution in [1.82, 2.24) is 0 Å². The summed E-state index contributed by atoms with van der Waals surface area (Å²) in [7, 11) is 0. The van der Waals surface area contributed by atoms with Crippen LogP contribution in [0.2, 0.25) is 0 Å². The number of aromatic hydroxyl groups is 1. The molecule has 2 rings (SSSR count). The minimum absolute atomic E-state index is 0.344. The van der Waals surface area contributed by atoms with Gasteiger partial charge in [0.2, 0.25) is 0 Å². The van der Waals surface area contributed by atoms with E-state index in [1.165, 1.54) is 24.8 Å². The third-order valence-electron chi connectivity index (χ3n) is 3.24. The van der Waals surface area contributed by atoms with Crippen molar-refractivity contribution in [2.45, 2.75) is 32.6 Å². The molecule has 2 aromatic rings. The highest BCUT2D eigenvalue weighted by Crippen LogP contribution is 2.28. The van der Waals surface area contributed by atoms with E-state index in [9.17, 15) is 5.11 Å². The molecular formula is C17H20O. The number of para-hydroxylation sites is 1. The Balaban J connectivity index is 2.10. The van der Waals surface area contributed by atoms with E-state index in [1.54, 1.807) is 6.07 Å². The van der Waals surface area contributed by atoms with Crippen LogP contribution < -0.4 is 0 Å². The fraction of sp³-hybridized carbons (Fsp3) is 0.294. The first kappa shape index (κ1) is 12.7. The standard InChI is InChI=1S/C17H20O/c1-2-3-4-7-14-10-12-15(13-11-14)16-8-5-6-9-17(16)18/h5-6,8-13,18H,2-4,7H2,1H3. The predicted octanol–water partition coefficient (Wildman–Crippen LogP) is 4.79. The monoisotopic (exact) mass is 240 g/mol. The van der Waals surface area contributed by atoms with Crippen molar-refractivity contribution in [3.8, 4) is 16.9 Å². The lowest BCUT2D eigenvalue weighted by molar-refractivity contribution is 0.477. The number of benzene rings is 2. The molecular weight excluding hydrogens is 220 g/mol. The number of aryl methyl sites for hydroxylation is 1. The van der Waals surface area contributed by atoms with E-state index in [0.717, 1.165) is 17.5 Å². The zero-order chi connectivity index (χ0) is 12.8. The molecule has 0 aliphatic heterocycles. The number of rotatable bonds is 5. The van der Waals surface area contributed by atoms with Crippen molar-refractivity contribution in [2.24, 2.45) is 0 Å². The smallest absolute Gasteiger partial charge is 0.123 e. The van der Waals surface area contributed by atoms with Gasteiger partial charge in [-0.15, -0.1) is 0 Å². The molecule has 0 aromatic heterocycles. The minimum atomic E-state index is 0.344. The summed E-state index contributed by atoms with van der Waals surface area (Å²) in [6.45, 7) is 2.22. The second kappa shape index (κ2) is 6.25. The maximum absolute atomic E-state index is 9.81. The van der Waals surface area contributed by atoms with Crippen LogP contribution in [0.1, 0.15) is 31.7 Å². The Morgan fingerprint density at radius 2 is 1.61 bits per heavy atom. The first-order chi connectivity index (χ1) is 8.81. The second-order valence-electron chi connectivity index (χ2n) is 4.67. The third-order valence-corrected chi connectivity index (χ3v) is 3.24. The van der Waals surface area contributed by atoms with Crippen molar-refractivity contribution < 1.29 is 5.11 Å². The first-order valence-electron chi connectivity index (χ1n) is 6.68. The molecule has 0 bridgehead atoms. The van der Waals surface area contributed by atoms with Crippen molar-refractivity contribution >= 4 is 0 Å². The number of hydrogen-bond donors (Lipinski definition) is 1. The van der Waals surface area contributed by atoms with Gasteiger partial charge in [0.05, 0.1) is 0 Å². The van der Waals surface area contributed by atoms with Gasteiger partial charge in [0.15, 0.2) is 0 Å². The highest BCUT2D eigenvalue weighted by atomic mass is 16.3. The largest absolute Gasteiger partial charge is 0.507 e. The molecule has 0 heterocycles. The maximum Gasteiger partial charge on any atom is 0.123 e. The van der Waals surface area contributed by atoms with Gasteiger partial charge in [-0.2, -0.15) is 0 Å². The van der Waals surface area contributed by atoms with Crippen molar-refractivity contribution in [3.05, 3.63) is 54.1 Å². The van der Waals surface area contributed by atoms with Gasteiger partial charge < -0.3 is 5.11 Å². The molecule has 0 saturated carbocycles. The molecule has 1 nitrogen and oxygen atoms in total. The zero-order valence-electron chi connectivity index (χ0n) is 10.9. The number of phenolic OH excluding ortho intramolecular Hbond substituents is 1. The Morgan fingerprint density at radius 1 is 0.889 bits per heavy atom. The topological polar surface area (TPSA) is 20.2 Å². The van der Waals surface area contributed by atoms with Gasteiger partial charge in [-0.05, 0) is 30.0 Å². The lowest BCUT2D eigenvalue weighted by atomic mass is 10.0. The van der Waals surface area contributed by atoms with E-state index in [2.05, 4.69) is 31.2 Å². The molecule has 94 valence electrons. The average molecular weight is 240 g/mol. The van der Waals surface area contributed by atoms with E-state index in [4.69, 9.17) is 0 Å². The lowest BCUT2D eigenvalue weighted by Crippen LogP contribution is -1.86. The van der Waals surface area contributed by atoms with Crippen LogP contribution in [0.25, 0.3) is 11.1 Å². The van der Waals surface area contributed by atoms with Gasteiger partial charge in [0.1, 0.15) is 5.75 Å². The molecule has 18 heavy (non-hydrogen) atoms. The van der Waals surface area contributed by atoms with E-state index < -0.39 is 0 Å². The SMILES string of the molecule is CCCCCc1ccc(-c2ccccc2O)cc1. The summed E-state index contributed by atoms with van der Waals surface area (Å²) < 4.78 is 0. The van der Waals surface area contributed by atoms with Crippen LogP contribution >= 0.6 is 0 Å². The highest BCUT2D eigenvalue weighted by molar-refractivity contribution is 5.69. The molecule has 0 radical (unpaired) electrons. The average Bonchev–Trinajstić information content (AvgIpc) is 2.41. The minimum Gasteiger partial charge on any atom is -0.507 e. The molecule has 0 fully saturated rings. The summed E-state index contributed by atoms with van der Waals surface area (Å²) in [4.78, 5) is 0. The molecule has 0 saturated heterocycles. The first-order valence-corrected chi connectivity index (χ1v) is 6.68. The lowest BCUT2D eigenvalue weighted by Gasteiger charge is -2.06. The Hall–Kier alpha value is -1.76. The summed E-state index contributed by atoms with van der Waals surface area (Å²) in [5, 5.41) is 9.81. The van der Waals surface area contributed by atoms with Gasteiger partial charge in [-0.1, -0.05) is 62.2 Å². The molecule has 0 amide bonds. The Bertz CT molecular complexity index is 485. The van der Waals surface area contributed by atoms with E-state index in [1.807, 2.05) is 18.2 Å². The van der Waals surface area contributed by atoms with Crippen LogP contribution in [-0.4, -0.2) is 5.11 Å². The number of phenols is 1. The van der Waals surface area contributed by atoms with Crippen molar-refractivity contribution in [1.29, 1.82) is 0 Å². The van der Waals surface area contributed by atoms with Crippen molar-refractivity contribution in [3.63, 3.8) is 0 Å². The van der Waals surface area contributed by atoms with Crippen LogP contribution in [0.5, 0.6) is 5.75 Å².